The van der Waals surface area contributed by atoms with Crippen molar-refractivity contribution in [3.63, 3.8) is 0 Å². The first-order chi connectivity index (χ1) is 7.00. The topological polar surface area (TPSA) is 53.4 Å². The number of halogens is 1. The Hall–Kier alpha value is -1.10. The Morgan fingerprint density at radius 1 is 1.60 bits per heavy atom. The molecule has 0 spiro atoms. The van der Waals surface area contributed by atoms with Gasteiger partial charge in [0, 0.05) is 16.7 Å². The van der Waals surface area contributed by atoms with Gasteiger partial charge in [-0.2, -0.15) is 0 Å². The van der Waals surface area contributed by atoms with E-state index in [1.54, 1.807) is 6.20 Å². The Labute approximate surface area is 97.1 Å². The number of rotatable bonds is 3. The second kappa shape index (κ2) is 5.11. The van der Waals surface area contributed by atoms with Gasteiger partial charge in [0.25, 0.3) is 0 Å². The van der Waals surface area contributed by atoms with Crippen LogP contribution in [0, 0.1) is 0 Å². The smallest absolute Gasteiger partial charge is 0.407 e. The minimum Gasteiger partial charge on any atom is -0.465 e. The molecular weight excluding hydrogens is 260 g/mol. The molecule has 1 amide bonds. The van der Waals surface area contributed by atoms with Crippen LogP contribution in [0.25, 0.3) is 0 Å². The molecule has 0 unspecified atom stereocenters. The van der Waals surface area contributed by atoms with Crippen LogP contribution in [0.15, 0.2) is 22.8 Å². The molecule has 4 nitrogen and oxygen atoms in total. The minimum atomic E-state index is -0.922. The first-order valence-electron chi connectivity index (χ1n) is 4.60. The fourth-order valence-corrected chi connectivity index (χ4v) is 1.38. The maximum atomic E-state index is 10.9. The van der Waals surface area contributed by atoms with Gasteiger partial charge < -0.3 is 10.0 Å². The van der Waals surface area contributed by atoms with Gasteiger partial charge in [0.1, 0.15) is 0 Å². The molecule has 82 valence electrons. The fourth-order valence-electron chi connectivity index (χ4n) is 1.15. The van der Waals surface area contributed by atoms with Crippen molar-refractivity contribution in [2.45, 2.75) is 26.4 Å². The van der Waals surface area contributed by atoms with Gasteiger partial charge >= 0.3 is 6.09 Å². The summed E-state index contributed by atoms with van der Waals surface area (Å²) in [5, 5.41) is 8.95. The third-order valence-electron chi connectivity index (χ3n) is 1.99. The van der Waals surface area contributed by atoms with Gasteiger partial charge in [0.15, 0.2) is 0 Å². The lowest BCUT2D eigenvalue weighted by Gasteiger charge is -2.22. The highest BCUT2D eigenvalue weighted by Gasteiger charge is 2.16. The molecule has 1 aromatic heterocycles. The number of carboxylic acid groups (broad SMARTS) is 1. The highest BCUT2D eigenvalue weighted by atomic mass is 79.9. The summed E-state index contributed by atoms with van der Waals surface area (Å²) in [7, 11) is 0. The van der Waals surface area contributed by atoms with Crippen molar-refractivity contribution in [1.29, 1.82) is 0 Å². The van der Waals surface area contributed by atoms with Crippen molar-refractivity contribution in [1.82, 2.24) is 9.88 Å². The summed E-state index contributed by atoms with van der Waals surface area (Å²) in [6, 6.07) is 3.61. The van der Waals surface area contributed by atoms with E-state index in [1.165, 1.54) is 4.90 Å². The van der Waals surface area contributed by atoms with E-state index in [-0.39, 0.29) is 6.04 Å². The summed E-state index contributed by atoms with van der Waals surface area (Å²) < 4.78 is 0.887. The molecule has 0 aliphatic heterocycles. The van der Waals surface area contributed by atoms with Crippen molar-refractivity contribution in [2.24, 2.45) is 0 Å². The third kappa shape index (κ3) is 3.51. The molecule has 0 saturated heterocycles. The van der Waals surface area contributed by atoms with Crippen LogP contribution in [-0.2, 0) is 6.54 Å². The number of carbonyl (C=O) groups is 1. The predicted octanol–water partition coefficient (Wildman–Crippen LogP) is 2.73. The Bertz CT molecular complexity index is 338. The lowest BCUT2D eigenvalue weighted by molar-refractivity contribution is 0.127. The molecule has 1 N–H and O–H groups in total. The lowest BCUT2D eigenvalue weighted by atomic mass is 10.3. The van der Waals surface area contributed by atoms with E-state index in [2.05, 4.69) is 20.9 Å². The molecule has 0 fully saturated rings. The quantitative estimate of drug-likeness (QED) is 0.921. The summed E-state index contributed by atoms with van der Waals surface area (Å²) >= 11 is 3.28. The fraction of sp³-hybridized carbons (Fsp3) is 0.400. The molecule has 0 aromatic carbocycles. The number of hydrogen-bond acceptors (Lipinski definition) is 2. The molecule has 1 aromatic rings. The zero-order chi connectivity index (χ0) is 11.4. The van der Waals surface area contributed by atoms with E-state index in [0.29, 0.717) is 6.54 Å². The van der Waals surface area contributed by atoms with Gasteiger partial charge in [0.05, 0.1) is 12.2 Å². The molecule has 0 radical (unpaired) electrons. The highest BCUT2D eigenvalue weighted by molar-refractivity contribution is 9.10. The molecule has 0 atom stereocenters. The molecule has 0 bridgehead atoms. The maximum absolute atomic E-state index is 10.9. The first kappa shape index (κ1) is 12.0. The number of amides is 1. The molecule has 0 aliphatic carbocycles. The number of pyridine rings is 1. The summed E-state index contributed by atoms with van der Waals surface area (Å²) in [6.45, 7) is 4.00. The molecular formula is C10H13BrN2O2. The zero-order valence-corrected chi connectivity index (χ0v) is 10.2. The van der Waals surface area contributed by atoms with E-state index in [9.17, 15) is 4.79 Å². The van der Waals surface area contributed by atoms with E-state index in [1.807, 2.05) is 26.0 Å². The minimum absolute atomic E-state index is 0.0482. The van der Waals surface area contributed by atoms with E-state index < -0.39 is 6.09 Å². The SMILES string of the molecule is CC(C)N(Cc1ccc(Br)cn1)C(=O)O. The molecule has 5 heteroatoms. The average molecular weight is 273 g/mol. The maximum Gasteiger partial charge on any atom is 0.407 e. The number of nitrogens with zero attached hydrogens (tertiary/aromatic N) is 2. The normalized spacial score (nSPS) is 10.4. The van der Waals surface area contributed by atoms with Crippen LogP contribution in [0.2, 0.25) is 0 Å². The van der Waals surface area contributed by atoms with Crippen LogP contribution < -0.4 is 0 Å². The van der Waals surface area contributed by atoms with Crippen LogP contribution in [0.1, 0.15) is 19.5 Å². The van der Waals surface area contributed by atoms with Crippen LogP contribution in [-0.4, -0.2) is 27.1 Å². The summed E-state index contributed by atoms with van der Waals surface area (Å²) in [5.41, 5.74) is 0.745. The summed E-state index contributed by atoms with van der Waals surface area (Å²) in [4.78, 5) is 16.4. The Morgan fingerprint density at radius 2 is 2.27 bits per heavy atom. The Morgan fingerprint density at radius 3 is 2.67 bits per heavy atom. The van der Waals surface area contributed by atoms with Crippen molar-refractivity contribution < 1.29 is 9.90 Å². The van der Waals surface area contributed by atoms with Crippen LogP contribution in [0.5, 0.6) is 0 Å². The van der Waals surface area contributed by atoms with Gasteiger partial charge in [-0.25, -0.2) is 4.79 Å². The van der Waals surface area contributed by atoms with Crippen molar-refractivity contribution in [3.8, 4) is 0 Å². The molecule has 0 aliphatic rings. The number of aromatic nitrogens is 1. The standard InChI is InChI=1S/C10H13BrN2O2/c1-7(2)13(10(14)15)6-9-4-3-8(11)5-12-9/h3-5,7H,6H2,1-2H3,(H,14,15). The van der Waals surface area contributed by atoms with Gasteiger partial charge in [-0.1, -0.05) is 0 Å². The molecule has 15 heavy (non-hydrogen) atoms. The van der Waals surface area contributed by atoms with Crippen LogP contribution >= 0.6 is 15.9 Å². The average Bonchev–Trinajstić information content (AvgIpc) is 2.15. The Balaban J connectivity index is 2.74. The molecule has 1 heterocycles. The van der Waals surface area contributed by atoms with Crippen LogP contribution in [0.3, 0.4) is 0 Å². The first-order valence-corrected chi connectivity index (χ1v) is 5.40. The predicted molar refractivity (Wildman–Crippen MR) is 60.6 cm³/mol. The third-order valence-corrected chi connectivity index (χ3v) is 2.46. The summed E-state index contributed by atoms with van der Waals surface area (Å²) in [5.74, 6) is 0. The van der Waals surface area contributed by atoms with Crippen molar-refractivity contribution >= 4 is 22.0 Å². The second-order valence-electron chi connectivity index (χ2n) is 3.47. The van der Waals surface area contributed by atoms with Gasteiger partial charge in [-0.05, 0) is 41.9 Å². The van der Waals surface area contributed by atoms with E-state index in [0.717, 1.165) is 10.2 Å². The number of hydrogen-bond donors (Lipinski definition) is 1. The second-order valence-corrected chi connectivity index (χ2v) is 4.39. The molecule has 0 saturated carbocycles. The van der Waals surface area contributed by atoms with Crippen LogP contribution in [0.4, 0.5) is 4.79 Å². The van der Waals surface area contributed by atoms with E-state index >= 15 is 0 Å². The highest BCUT2D eigenvalue weighted by Crippen LogP contribution is 2.10. The molecule has 1 rings (SSSR count). The summed E-state index contributed by atoms with van der Waals surface area (Å²) in [6.07, 6.45) is 0.741. The van der Waals surface area contributed by atoms with Gasteiger partial charge in [0.2, 0.25) is 0 Å². The Kier molecular flexibility index (Phi) is 4.08. The van der Waals surface area contributed by atoms with Gasteiger partial charge in [-0.3, -0.25) is 4.98 Å². The van der Waals surface area contributed by atoms with Crippen molar-refractivity contribution in [2.75, 3.05) is 0 Å². The van der Waals surface area contributed by atoms with Crippen molar-refractivity contribution in [3.05, 3.63) is 28.5 Å². The zero-order valence-electron chi connectivity index (χ0n) is 8.64. The van der Waals surface area contributed by atoms with E-state index in [4.69, 9.17) is 5.11 Å². The van der Waals surface area contributed by atoms with Gasteiger partial charge in [-0.15, -0.1) is 0 Å². The monoisotopic (exact) mass is 272 g/mol. The largest absolute Gasteiger partial charge is 0.465 e. The lowest BCUT2D eigenvalue weighted by Crippen LogP contribution is -2.35.